The van der Waals surface area contributed by atoms with E-state index < -0.39 is 11.6 Å². The first-order valence-corrected chi connectivity index (χ1v) is 8.00. The number of nitrogens with zero attached hydrogens (tertiary/aromatic N) is 1. The van der Waals surface area contributed by atoms with Gasteiger partial charge in [-0.05, 0) is 34.8 Å². The van der Waals surface area contributed by atoms with Crippen LogP contribution in [0.1, 0.15) is 33.1 Å². The molecule has 1 aromatic carbocycles. The summed E-state index contributed by atoms with van der Waals surface area (Å²) in [5.41, 5.74) is 0.487. The number of nitrogens with one attached hydrogen (secondary N) is 1. The third kappa shape index (κ3) is 3.31. The van der Waals surface area contributed by atoms with Crippen molar-refractivity contribution in [3.8, 4) is 0 Å². The maximum atomic E-state index is 14.2. The Morgan fingerprint density at radius 2 is 2.10 bits per heavy atom. The largest absolute Gasteiger partial charge is 0.362 e. The van der Waals surface area contributed by atoms with Gasteiger partial charge < -0.3 is 10.2 Å². The zero-order valence-electron chi connectivity index (χ0n) is 11.9. The van der Waals surface area contributed by atoms with Crippen molar-refractivity contribution in [2.24, 2.45) is 0 Å². The summed E-state index contributed by atoms with van der Waals surface area (Å²) in [4.78, 5) is 2.08. The second-order valence-electron chi connectivity index (χ2n) is 5.33. The standard InChI is InChI=1S/C15H21BrF2N2/c1-3-5-11-9-20(12(4-2)8-19-11)15-13(16)6-10(17)7-14(15)18/h6-7,11-12,19H,3-5,8-9H2,1-2H3. The van der Waals surface area contributed by atoms with Crippen molar-refractivity contribution >= 4 is 21.6 Å². The first kappa shape index (κ1) is 15.7. The van der Waals surface area contributed by atoms with E-state index in [1.165, 1.54) is 6.07 Å². The second-order valence-corrected chi connectivity index (χ2v) is 6.18. The fraction of sp³-hybridized carbons (Fsp3) is 0.600. The van der Waals surface area contributed by atoms with Crippen molar-refractivity contribution in [3.05, 3.63) is 28.2 Å². The lowest BCUT2D eigenvalue weighted by atomic mass is 10.0. The van der Waals surface area contributed by atoms with Crippen LogP contribution in [0.5, 0.6) is 0 Å². The first-order chi connectivity index (χ1) is 9.56. The highest BCUT2D eigenvalue weighted by molar-refractivity contribution is 9.10. The van der Waals surface area contributed by atoms with Crippen LogP contribution in [0.25, 0.3) is 0 Å². The van der Waals surface area contributed by atoms with E-state index in [1.54, 1.807) is 0 Å². The normalized spacial score (nSPS) is 23.1. The predicted molar refractivity (Wildman–Crippen MR) is 82.2 cm³/mol. The summed E-state index contributed by atoms with van der Waals surface area (Å²) in [7, 11) is 0. The minimum absolute atomic E-state index is 0.236. The van der Waals surface area contributed by atoms with Crippen molar-refractivity contribution in [1.82, 2.24) is 5.32 Å². The van der Waals surface area contributed by atoms with Gasteiger partial charge in [-0.2, -0.15) is 0 Å². The van der Waals surface area contributed by atoms with Crippen LogP contribution in [0, 0.1) is 11.6 Å². The third-order valence-corrected chi connectivity index (χ3v) is 4.48. The highest BCUT2D eigenvalue weighted by atomic mass is 79.9. The lowest BCUT2D eigenvalue weighted by Gasteiger charge is -2.42. The molecule has 1 fully saturated rings. The number of hydrogen-bond acceptors (Lipinski definition) is 2. The van der Waals surface area contributed by atoms with Crippen LogP contribution >= 0.6 is 15.9 Å². The van der Waals surface area contributed by atoms with Crippen LogP contribution in [0.3, 0.4) is 0 Å². The zero-order chi connectivity index (χ0) is 14.7. The van der Waals surface area contributed by atoms with Crippen LogP contribution in [-0.4, -0.2) is 25.2 Å². The summed E-state index contributed by atoms with van der Waals surface area (Å²) in [6.07, 6.45) is 3.08. The van der Waals surface area contributed by atoms with Gasteiger partial charge in [-0.25, -0.2) is 8.78 Å². The Balaban J connectivity index is 2.31. The van der Waals surface area contributed by atoms with Gasteiger partial charge in [0.05, 0.1) is 5.69 Å². The fourth-order valence-electron chi connectivity index (χ4n) is 2.85. The van der Waals surface area contributed by atoms with E-state index in [-0.39, 0.29) is 6.04 Å². The van der Waals surface area contributed by atoms with E-state index in [1.807, 2.05) is 0 Å². The smallest absolute Gasteiger partial charge is 0.150 e. The molecule has 5 heteroatoms. The molecule has 2 rings (SSSR count). The minimum Gasteiger partial charge on any atom is -0.362 e. The van der Waals surface area contributed by atoms with E-state index >= 15 is 0 Å². The molecule has 0 aromatic heterocycles. The molecule has 1 aromatic rings. The predicted octanol–water partition coefficient (Wildman–Crippen LogP) is 4.08. The monoisotopic (exact) mass is 346 g/mol. The van der Waals surface area contributed by atoms with Gasteiger partial charge in [-0.3, -0.25) is 0 Å². The maximum Gasteiger partial charge on any atom is 0.150 e. The number of anilines is 1. The molecule has 20 heavy (non-hydrogen) atoms. The van der Waals surface area contributed by atoms with Gasteiger partial charge in [0.1, 0.15) is 5.82 Å². The number of hydrogen-bond donors (Lipinski definition) is 1. The van der Waals surface area contributed by atoms with Crippen molar-refractivity contribution in [1.29, 1.82) is 0 Å². The van der Waals surface area contributed by atoms with Crippen LogP contribution in [-0.2, 0) is 0 Å². The van der Waals surface area contributed by atoms with E-state index in [0.717, 1.165) is 38.4 Å². The highest BCUT2D eigenvalue weighted by Crippen LogP contribution is 2.33. The second kappa shape index (κ2) is 6.85. The van der Waals surface area contributed by atoms with Crippen LogP contribution in [0.2, 0.25) is 0 Å². The Morgan fingerprint density at radius 1 is 1.35 bits per heavy atom. The average molecular weight is 347 g/mol. The maximum absolute atomic E-state index is 14.2. The summed E-state index contributed by atoms with van der Waals surface area (Å²) in [5, 5.41) is 3.52. The highest BCUT2D eigenvalue weighted by Gasteiger charge is 2.29. The topological polar surface area (TPSA) is 15.3 Å². The third-order valence-electron chi connectivity index (χ3n) is 3.88. The lowest BCUT2D eigenvalue weighted by Crippen LogP contribution is -2.56. The van der Waals surface area contributed by atoms with Gasteiger partial charge in [-0.15, -0.1) is 0 Å². The quantitative estimate of drug-likeness (QED) is 0.883. The summed E-state index contributed by atoms with van der Waals surface area (Å²) >= 11 is 3.31. The van der Waals surface area contributed by atoms with E-state index in [4.69, 9.17) is 0 Å². The molecule has 0 amide bonds. The molecule has 1 N–H and O–H groups in total. The van der Waals surface area contributed by atoms with Crippen LogP contribution in [0.4, 0.5) is 14.5 Å². The Labute approximate surface area is 127 Å². The van der Waals surface area contributed by atoms with Gasteiger partial charge in [-0.1, -0.05) is 20.3 Å². The molecule has 1 aliphatic heterocycles. The summed E-state index contributed by atoms with van der Waals surface area (Å²) in [5.74, 6) is -1.04. The minimum atomic E-state index is -0.550. The van der Waals surface area contributed by atoms with Gasteiger partial charge in [0.2, 0.25) is 0 Å². The fourth-order valence-corrected chi connectivity index (χ4v) is 3.49. The molecule has 2 nitrogen and oxygen atoms in total. The zero-order valence-corrected chi connectivity index (χ0v) is 13.5. The molecular formula is C15H21BrF2N2. The Kier molecular flexibility index (Phi) is 5.38. The Morgan fingerprint density at radius 3 is 2.70 bits per heavy atom. The molecular weight excluding hydrogens is 326 g/mol. The number of benzene rings is 1. The molecule has 112 valence electrons. The molecule has 1 heterocycles. The van der Waals surface area contributed by atoms with Crippen molar-refractivity contribution in [3.63, 3.8) is 0 Å². The van der Waals surface area contributed by atoms with Gasteiger partial charge in [0.15, 0.2) is 5.82 Å². The summed E-state index contributed by atoms with van der Waals surface area (Å²) in [6.45, 7) is 5.83. The number of piperazine rings is 1. The molecule has 0 aliphatic carbocycles. The molecule has 1 saturated heterocycles. The first-order valence-electron chi connectivity index (χ1n) is 7.21. The van der Waals surface area contributed by atoms with E-state index in [0.29, 0.717) is 16.2 Å². The van der Waals surface area contributed by atoms with Gasteiger partial charge in [0, 0.05) is 35.7 Å². The van der Waals surface area contributed by atoms with Crippen LogP contribution < -0.4 is 10.2 Å². The van der Waals surface area contributed by atoms with Gasteiger partial charge >= 0.3 is 0 Å². The molecule has 2 unspecified atom stereocenters. The Bertz CT molecular complexity index is 444. The number of halogens is 3. The summed E-state index contributed by atoms with van der Waals surface area (Å²) < 4.78 is 27.9. The molecule has 0 spiro atoms. The SMILES string of the molecule is CCCC1CN(c2c(F)cc(F)cc2Br)C(CC)CN1. The lowest BCUT2D eigenvalue weighted by molar-refractivity contribution is 0.365. The number of rotatable bonds is 4. The average Bonchev–Trinajstić information content (AvgIpc) is 2.38. The van der Waals surface area contributed by atoms with Crippen LogP contribution in [0.15, 0.2) is 16.6 Å². The molecule has 0 bridgehead atoms. The van der Waals surface area contributed by atoms with E-state index in [2.05, 4.69) is 40.0 Å². The van der Waals surface area contributed by atoms with Crippen molar-refractivity contribution in [2.75, 3.05) is 18.0 Å². The molecule has 2 atom stereocenters. The van der Waals surface area contributed by atoms with E-state index in [9.17, 15) is 8.78 Å². The summed E-state index contributed by atoms with van der Waals surface area (Å²) in [6, 6.07) is 2.89. The van der Waals surface area contributed by atoms with Crippen molar-refractivity contribution < 1.29 is 8.78 Å². The molecule has 0 saturated carbocycles. The molecule has 1 aliphatic rings. The van der Waals surface area contributed by atoms with Gasteiger partial charge in [0.25, 0.3) is 0 Å². The Hall–Kier alpha value is -0.680. The molecule has 0 radical (unpaired) electrons. The van der Waals surface area contributed by atoms with Crippen molar-refractivity contribution in [2.45, 2.75) is 45.2 Å².